The van der Waals surface area contributed by atoms with E-state index in [1.807, 2.05) is 0 Å². The highest BCUT2D eigenvalue weighted by Crippen LogP contribution is 2.26. The molecule has 0 unspecified atom stereocenters. The molecule has 0 aliphatic heterocycles. The summed E-state index contributed by atoms with van der Waals surface area (Å²) in [6, 6.07) is 11.4. The number of amides is 1. The van der Waals surface area contributed by atoms with Gasteiger partial charge in [-0.2, -0.15) is 0 Å². The largest absolute Gasteiger partial charge is 0.322 e. The Morgan fingerprint density at radius 3 is 2.58 bits per heavy atom. The molecule has 2 aromatic carbocycles. The fourth-order valence-electron chi connectivity index (χ4n) is 1.57. The van der Waals surface area contributed by atoms with E-state index in [-0.39, 0.29) is 16.5 Å². The van der Waals surface area contributed by atoms with Crippen molar-refractivity contribution < 1.29 is 9.59 Å². The Kier molecular flexibility index (Phi) is 4.20. The number of rotatable bonds is 3. The zero-order valence-corrected chi connectivity index (χ0v) is 11.2. The van der Waals surface area contributed by atoms with Gasteiger partial charge in [0, 0.05) is 11.3 Å². The topological polar surface area (TPSA) is 46.2 Å². The first-order valence-corrected chi connectivity index (χ1v) is 6.18. The van der Waals surface area contributed by atoms with E-state index >= 15 is 0 Å². The van der Waals surface area contributed by atoms with Gasteiger partial charge in [-0.25, -0.2) is 0 Å². The van der Waals surface area contributed by atoms with Gasteiger partial charge in [-0.1, -0.05) is 41.4 Å². The number of carbonyl (C=O) groups is 2. The Bertz CT molecular complexity index is 641. The van der Waals surface area contributed by atoms with Gasteiger partial charge < -0.3 is 5.32 Å². The van der Waals surface area contributed by atoms with Gasteiger partial charge in [0.05, 0.1) is 15.6 Å². The second-order valence-corrected chi connectivity index (χ2v) is 4.58. The summed E-state index contributed by atoms with van der Waals surface area (Å²) in [6.07, 6.45) is 0.710. The van der Waals surface area contributed by atoms with Crippen molar-refractivity contribution in [1.29, 1.82) is 0 Å². The first-order chi connectivity index (χ1) is 9.11. The lowest BCUT2D eigenvalue weighted by Gasteiger charge is -2.07. The van der Waals surface area contributed by atoms with Crippen LogP contribution in [0.4, 0.5) is 5.69 Å². The van der Waals surface area contributed by atoms with E-state index in [4.69, 9.17) is 23.2 Å². The predicted molar refractivity (Wildman–Crippen MR) is 76.2 cm³/mol. The summed E-state index contributed by atoms with van der Waals surface area (Å²) in [5, 5.41) is 3.18. The van der Waals surface area contributed by atoms with Gasteiger partial charge in [-0.15, -0.1) is 0 Å². The minimum Gasteiger partial charge on any atom is -0.322 e. The lowest BCUT2D eigenvalue weighted by molar-refractivity contribution is 0.102. The van der Waals surface area contributed by atoms with E-state index in [9.17, 15) is 9.59 Å². The molecule has 2 rings (SSSR count). The highest BCUT2D eigenvalue weighted by molar-refractivity contribution is 6.44. The second kappa shape index (κ2) is 5.87. The van der Waals surface area contributed by atoms with Gasteiger partial charge in [0.2, 0.25) is 0 Å². The number of hydrogen-bond acceptors (Lipinski definition) is 2. The Morgan fingerprint density at radius 2 is 1.84 bits per heavy atom. The number of benzene rings is 2. The molecule has 0 aliphatic rings. The second-order valence-electron chi connectivity index (χ2n) is 3.80. The van der Waals surface area contributed by atoms with Crippen molar-refractivity contribution in [2.24, 2.45) is 0 Å². The van der Waals surface area contributed by atoms with Crippen LogP contribution < -0.4 is 5.32 Å². The maximum atomic E-state index is 12.0. The van der Waals surface area contributed by atoms with Crippen molar-refractivity contribution in [3.63, 3.8) is 0 Å². The van der Waals surface area contributed by atoms with Crippen LogP contribution in [0.15, 0.2) is 42.5 Å². The highest BCUT2D eigenvalue weighted by Gasteiger charge is 2.12. The predicted octanol–water partition coefficient (Wildman–Crippen LogP) is 4.06. The van der Waals surface area contributed by atoms with Gasteiger partial charge in [0.1, 0.15) is 6.29 Å². The third-order valence-electron chi connectivity index (χ3n) is 2.48. The standard InChI is InChI=1S/C14H9Cl2NO2/c15-12-6-2-5-11(13(12)16)14(19)17-10-4-1-3-9(7-10)8-18/h1-8H,(H,17,19). The van der Waals surface area contributed by atoms with Crippen LogP contribution in [0.2, 0.25) is 10.0 Å². The number of carbonyl (C=O) groups excluding carboxylic acids is 2. The fraction of sp³-hybridized carbons (Fsp3) is 0. The van der Waals surface area contributed by atoms with E-state index in [1.54, 1.807) is 42.5 Å². The zero-order chi connectivity index (χ0) is 13.8. The first kappa shape index (κ1) is 13.6. The van der Waals surface area contributed by atoms with Gasteiger partial charge in [-0.05, 0) is 24.3 Å². The minimum absolute atomic E-state index is 0.202. The molecule has 0 saturated heterocycles. The van der Waals surface area contributed by atoms with E-state index in [0.29, 0.717) is 22.6 Å². The summed E-state index contributed by atoms with van der Waals surface area (Å²) in [6.45, 7) is 0. The van der Waals surface area contributed by atoms with Crippen LogP contribution in [-0.4, -0.2) is 12.2 Å². The molecule has 1 N–H and O–H groups in total. The molecule has 2 aromatic rings. The summed E-state index contributed by atoms with van der Waals surface area (Å²) in [5.74, 6) is -0.379. The van der Waals surface area contributed by atoms with Gasteiger partial charge >= 0.3 is 0 Å². The monoisotopic (exact) mass is 293 g/mol. The van der Waals surface area contributed by atoms with Crippen molar-refractivity contribution >= 4 is 41.1 Å². The van der Waals surface area contributed by atoms with Crippen LogP contribution in [0.3, 0.4) is 0 Å². The van der Waals surface area contributed by atoms with Crippen molar-refractivity contribution in [2.45, 2.75) is 0 Å². The van der Waals surface area contributed by atoms with Crippen LogP contribution in [0.25, 0.3) is 0 Å². The Hall–Kier alpha value is -1.84. The molecule has 96 valence electrons. The van der Waals surface area contributed by atoms with Crippen molar-refractivity contribution in [3.8, 4) is 0 Å². The van der Waals surface area contributed by atoms with Gasteiger partial charge in [0.25, 0.3) is 5.91 Å². The first-order valence-electron chi connectivity index (χ1n) is 5.42. The molecule has 0 atom stereocenters. The smallest absolute Gasteiger partial charge is 0.257 e. The molecule has 0 bridgehead atoms. The SMILES string of the molecule is O=Cc1cccc(NC(=O)c2cccc(Cl)c2Cl)c1. The molecule has 3 nitrogen and oxygen atoms in total. The summed E-state index contributed by atoms with van der Waals surface area (Å²) in [7, 11) is 0. The number of halogens is 2. The number of anilines is 1. The molecule has 19 heavy (non-hydrogen) atoms. The average Bonchev–Trinajstić information content (AvgIpc) is 2.42. The maximum Gasteiger partial charge on any atom is 0.257 e. The van der Waals surface area contributed by atoms with E-state index in [1.165, 1.54) is 0 Å². The number of aldehydes is 1. The minimum atomic E-state index is -0.379. The van der Waals surface area contributed by atoms with Gasteiger partial charge in [0.15, 0.2) is 0 Å². The molecule has 0 fully saturated rings. The fourth-order valence-corrected chi connectivity index (χ4v) is 1.95. The third kappa shape index (κ3) is 3.13. The lowest BCUT2D eigenvalue weighted by Crippen LogP contribution is -2.12. The van der Waals surface area contributed by atoms with E-state index in [0.717, 1.165) is 0 Å². The Morgan fingerprint density at radius 1 is 1.11 bits per heavy atom. The molecule has 0 aliphatic carbocycles. The van der Waals surface area contributed by atoms with Crippen LogP contribution in [-0.2, 0) is 0 Å². The van der Waals surface area contributed by atoms with Crippen LogP contribution in [0, 0.1) is 0 Å². The zero-order valence-electron chi connectivity index (χ0n) is 9.69. The molecule has 0 spiro atoms. The average molecular weight is 294 g/mol. The number of nitrogens with one attached hydrogen (secondary N) is 1. The quantitative estimate of drug-likeness (QED) is 0.868. The Balaban J connectivity index is 2.25. The van der Waals surface area contributed by atoms with Crippen LogP contribution in [0.1, 0.15) is 20.7 Å². The lowest BCUT2D eigenvalue weighted by atomic mass is 10.2. The molecule has 1 amide bonds. The normalized spacial score (nSPS) is 10.0. The molecule has 5 heteroatoms. The maximum absolute atomic E-state index is 12.0. The molecule has 0 heterocycles. The number of hydrogen-bond donors (Lipinski definition) is 1. The molecular weight excluding hydrogens is 285 g/mol. The van der Waals surface area contributed by atoms with Gasteiger partial charge in [-0.3, -0.25) is 9.59 Å². The van der Waals surface area contributed by atoms with Crippen LogP contribution >= 0.6 is 23.2 Å². The summed E-state index contributed by atoms with van der Waals surface area (Å²) in [4.78, 5) is 22.7. The van der Waals surface area contributed by atoms with E-state index < -0.39 is 0 Å². The van der Waals surface area contributed by atoms with E-state index in [2.05, 4.69) is 5.32 Å². The molecular formula is C14H9Cl2NO2. The molecule has 0 radical (unpaired) electrons. The summed E-state index contributed by atoms with van der Waals surface area (Å²) < 4.78 is 0. The van der Waals surface area contributed by atoms with Crippen molar-refractivity contribution in [2.75, 3.05) is 5.32 Å². The van der Waals surface area contributed by atoms with Crippen molar-refractivity contribution in [3.05, 3.63) is 63.6 Å². The molecule has 0 saturated carbocycles. The third-order valence-corrected chi connectivity index (χ3v) is 3.30. The Labute approximate surface area is 120 Å². The van der Waals surface area contributed by atoms with Crippen molar-refractivity contribution in [1.82, 2.24) is 0 Å². The highest BCUT2D eigenvalue weighted by atomic mass is 35.5. The summed E-state index contributed by atoms with van der Waals surface area (Å²) in [5.41, 5.74) is 1.28. The molecule has 0 aromatic heterocycles. The van der Waals surface area contributed by atoms with Crippen LogP contribution in [0.5, 0.6) is 0 Å². The summed E-state index contributed by atoms with van der Waals surface area (Å²) >= 11 is 11.8.